The number of aryl methyl sites for hydroxylation is 1. The first-order valence-electron chi connectivity index (χ1n) is 13.4. The lowest BCUT2D eigenvalue weighted by atomic mass is 10.0. The lowest BCUT2D eigenvalue weighted by molar-refractivity contribution is -0.132. The van der Waals surface area contributed by atoms with E-state index in [-0.39, 0.29) is 23.9 Å². The first-order chi connectivity index (χ1) is 19.4. The summed E-state index contributed by atoms with van der Waals surface area (Å²) in [5.41, 5.74) is 2.70. The summed E-state index contributed by atoms with van der Waals surface area (Å²) in [4.78, 5) is 48.1. The second-order valence-corrected chi connectivity index (χ2v) is 11.0. The molecule has 0 bridgehead atoms. The van der Waals surface area contributed by atoms with E-state index in [1.807, 2.05) is 62.4 Å². The number of anilines is 3. The van der Waals surface area contributed by atoms with Gasteiger partial charge in [-0.3, -0.25) is 14.5 Å². The molecule has 204 valence electrons. The summed E-state index contributed by atoms with van der Waals surface area (Å²) >= 11 is 1.25. The molecule has 6 rings (SSSR count). The molecule has 0 aliphatic carbocycles. The van der Waals surface area contributed by atoms with Gasteiger partial charge in [-0.25, -0.2) is 9.78 Å². The van der Waals surface area contributed by atoms with Crippen LogP contribution in [0.4, 0.5) is 21.9 Å². The monoisotopic (exact) mass is 555 g/mol. The van der Waals surface area contributed by atoms with Gasteiger partial charge in [0.05, 0.1) is 22.4 Å². The minimum Gasteiger partial charge on any atom is -0.457 e. The van der Waals surface area contributed by atoms with Gasteiger partial charge in [0.15, 0.2) is 0 Å². The van der Waals surface area contributed by atoms with Crippen LogP contribution in [0.5, 0.6) is 11.5 Å². The molecule has 0 radical (unpaired) electrons. The van der Waals surface area contributed by atoms with Crippen molar-refractivity contribution in [2.75, 3.05) is 23.3 Å². The number of ether oxygens (including phenoxy) is 1. The van der Waals surface area contributed by atoms with Gasteiger partial charge in [-0.05, 0) is 61.7 Å². The van der Waals surface area contributed by atoms with E-state index in [2.05, 4.69) is 15.6 Å². The lowest BCUT2D eigenvalue weighted by Crippen LogP contribution is -2.49. The van der Waals surface area contributed by atoms with Crippen LogP contribution in [-0.4, -0.2) is 46.9 Å². The highest BCUT2D eigenvalue weighted by Crippen LogP contribution is 2.46. The Balaban J connectivity index is 1.29. The van der Waals surface area contributed by atoms with Crippen molar-refractivity contribution in [2.45, 2.75) is 39.2 Å². The molecule has 40 heavy (non-hydrogen) atoms. The molecule has 4 amide bonds. The van der Waals surface area contributed by atoms with Crippen LogP contribution in [0.2, 0.25) is 0 Å². The molecule has 4 aromatic rings. The summed E-state index contributed by atoms with van der Waals surface area (Å²) in [6, 6.07) is 16.4. The topological polar surface area (TPSA) is 104 Å². The van der Waals surface area contributed by atoms with E-state index in [9.17, 15) is 14.4 Å². The second-order valence-electron chi connectivity index (χ2n) is 9.95. The van der Waals surface area contributed by atoms with Crippen LogP contribution in [0.25, 0.3) is 10.2 Å². The van der Waals surface area contributed by atoms with Crippen molar-refractivity contribution >= 4 is 56.5 Å². The normalized spacial score (nSPS) is 16.6. The Morgan fingerprint density at radius 1 is 1.12 bits per heavy atom. The van der Waals surface area contributed by atoms with Gasteiger partial charge in [-0.15, -0.1) is 11.3 Å². The zero-order valence-corrected chi connectivity index (χ0v) is 23.1. The number of hydrogen-bond acceptors (Lipinski definition) is 6. The number of para-hydroxylation sites is 1. The smallest absolute Gasteiger partial charge is 0.331 e. The molecule has 2 aliphatic heterocycles. The third-order valence-corrected chi connectivity index (χ3v) is 8.35. The molecule has 1 saturated heterocycles. The Kier molecular flexibility index (Phi) is 6.85. The highest BCUT2D eigenvalue weighted by molar-refractivity contribution is 7.21. The van der Waals surface area contributed by atoms with Crippen molar-refractivity contribution in [1.29, 1.82) is 0 Å². The molecule has 2 aromatic carbocycles. The summed E-state index contributed by atoms with van der Waals surface area (Å²) in [5, 5.41) is 6.77. The number of carbonyl (C=O) groups excluding carboxylic acids is 3. The molecular formula is C30H29N5O4S. The van der Waals surface area contributed by atoms with Crippen LogP contribution >= 0.6 is 11.3 Å². The quantitative estimate of drug-likeness (QED) is 0.294. The van der Waals surface area contributed by atoms with Crippen molar-refractivity contribution in [3.05, 3.63) is 71.2 Å². The average Bonchev–Trinajstić information content (AvgIpc) is 3.33. The minimum absolute atomic E-state index is 0.0899. The zero-order chi connectivity index (χ0) is 27.8. The van der Waals surface area contributed by atoms with Crippen molar-refractivity contribution in [2.24, 2.45) is 0 Å². The number of hydrogen-bond donors (Lipinski definition) is 2. The average molecular weight is 556 g/mol. The van der Waals surface area contributed by atoms with Crippen molar-refractivity contribution in [3.63, 3.8) is 0 Å². The van der Waals surface area contributed by atoms with Gasteiger partial charge < -0.3 is 20.3 Å². The Bertz CT molecular complexity index is 1620. The molecule has 2 N–H and O–H groups in total. The van der Waals surface area contributed by atoms with Crippen molar-refractivity contribution in [3.8, 4) is 11.5 Å². The van der Waals surface area contributed by atoms with Gasteiger partial charge in [0.2, 0.25) is 5.91 Å². The second kappa shape index (κ2) is 10.6. The highest BCUT2D eigenvalue weighted by atomic mass is 32.1. The summed E-state index contributed by atoms with van der Waals surface area (Å²) in [5.74, 6) is 1.22. The fraction of sp³-hybridized carbons (Fsp3) is 0.267. The number of carbonyl (C=O) groups is 3. The molecule has 9 nitrogen and oxygen atoms in total. The van der Waals surface area contributed by atoms with Crippen LogP contribution in [-0.2, 0) is 4.79 Å². The van der Waals surface area contributed by atoms with E-state index >= 15 is 0 Å². The molecule has 2 aliphatic rings. The molecule has 10 heteroatoms. The lowest BCUT2D eigenvalue weighted by Gasteiger charge is -2.33. The number of nitrogens with zero attached hydrogens (tertiary/aromatic N) is 3. The maximum atomic E-state index is 13.5. The number of likely N-dealkylation sites (tertiary alicyclic amines) is 1. The maximum absolute atomic E-state index is 13.5. The predicted molar refractivity (Wildman–Crippen MR) is 156 cm³/mol. The van der Waals surface area contributed by atoms with E-state index in [4.69, 9.17) is 4.74 Å². The summed E-state index contributed by atoms with van der Waals surface area (Å²) in [7, 11) is 0. The standard InChI is InChI=1S/C30H29N5O4S/c1-3-24(36)34-15-7-8-19(17-34)32-28(37)27-26-25-23(13-14-31-29(25)40-27)35(30(38)33-26)22-12-11-21(16-18(22)2)39-20-9-5-4-6-10-20/h4-6,9-14,16,19H,3,7-8,15,17H2,1-2H3,(H,32,37)(H,33,38)/t19-/m0/s1. The van der Waals surface area contributed by atoms with Gasteiger partial charge in [0.25, 0.3) is 5.91 Å². The number of aromatic nitrogens is 1. The molecular weight excluding hydrogens is 526 g/mol. The molecule has 1 fully saturated rings. The number of pyridine rings is 1. The van der Waals surface area contributed by atoms with Gasteiger partial charge in [0.1, 0.15) is 21.2 Å². The van der Waals surface area contributed by atoms with Crippen LogP contribution in [0.15, 0.2) is 60.8 Å². The molecule has 2 aromatic heterocycles. The number of amides is 4. The largest absolute Gasteiger partial charge is 0.457 e. The first-order valence-corrected chi connectivity index (χ1v) is 14.2. The molecule has 1 atom stereocenters. The van der Waals surface area contributed by atoms with Gasteiger partial charge >= 0.3 is 6.03 Å². The Hall–Kier alpha value is -4.44. The number of nitrogens with one attached hydrogen (secondary N) is 2. The van der Waals surface area contributed by atoms with Crippen LogP contribution in [0, 0.1) is 6.92 Å². The van der Waals surface area contributed by atoms with E-state index in [0.717, 1.165) is 29.5 Å². The molecule has 4 heterocycles. The number of thiophene rings is 1. The Morgan fingerprint density at radius 3 is 2.73 bits per heavy atom. The van der Waals surface area contributed by atoms with Gasteiger partial charge in [0, 0.05) is 31.7 Å². The molecule has 0 saturated carbocycles. The number of rotatable bonds is 6. The van der Waals surface area contributed by atoms with Crippen LogP contribution in [0.1, 0.15) is 41.4 Å². The number of benzene rings is 2. The van der Waals surface area contributed by atoms with Crippen LogP contribution < -0.4 is 20.3 Å². The highest BCUT2D eigenvalue weighted by Gasteiger charge is 2.34. The fourth-order valence-electron chi connectivity index (χ4n) is 5.35. The van der Waals surface area contributed by atoms with Gasteiger partial charge in [-0.2, -0.15) is 0 Å². The fourth-order valence-corrected chi connectivity index (χ4v) is 6.37. The summed E-state index contributed by atoms with van der Waals surface area (Å²) in [6.45, 7) is 4.98. The van der Waals surface area contributed by atoms with Crippen LogP contribution in [0.3, 0.4) is 0 Å². The predicted octanol–water partition coefficient (Wildman–Crippen LogP) is 6.21. The Labute approximate surface area is 235 Å². The van der Waals surface area contributed by atoms with Crippen molar-refractivity contribution < 1.29 is 19.1 Å². The maximum Gasteiger partial charge on any atom is 0.331 e. The van der Waals surface area contributed by atoms with E-state index in [1.165, 1.54) is 11.3 Å². The SMILES string of the molecule is CCC(=O)N1CCC[C@H](NC(=O)c2sc3nccc4c3c2NC(=O)N4c2ccc(Oc3ccccc3)cc2C)C1. The first kappa shape index (κ1) is 25.8. The van der Waals surface area contributed by atoms with E-state index < -0.39 is 0 Å². The number of piperidine rings is 1. The third kappa shape index (κ3) is 4.75. The third-order valence-electron chi connectivity index (χ3n) is 7.25. The summed E-state index contributed by atoms with van der Waals surface area (Å²) < 4.78 is 5.97. The van der Waals surface area contributed by atoms with E-state index in [0.29, 0.717) is 52.0 Å². The molecule has 0 unspecified atom stereocenters. The number of urea groups is 1. The van der Waals surface area contributed by atoms with Crippen molar-refractivity contribution in [1.82, 2.24) is 15.2 Å². The van der Waals surface area contributed by atoms with Gasteiger partial charge in [-0.1, -0.05) is 25.1 Å². The minimum atomic E-state index is -0.357. The molecule has 0 spiro atoms. The Morgan fingerprint density at radius 2 is 1.95 bits per heavy atom. The summed E-state index contributed by atoms with van der Waals surface area (Å²) in [6.07, 6.45) is 3.73. The zero-order valence-electron chi connectivity index (χ0n) is 22.3. The van der Waals surface area contributed by atoms with E-state index in [1.54, 1.807) is 22.1 Å².